The second-order valence-corrected chi connectivity index (χ2v) is 5.26. The van der Waals surface area contributed by atoms with Gasteiger partial charge in [-0.1, -0.05) is 0 Å². The maximum absolute atomic E-state index is 5.25. The van der Waals surface area contributed by atoms with E-state index in [4.69, 9.17) is 9.47 Å². The number of benzene rings is 1. The fourth-order valence-corrected chi connectivity index (χ4v) is 2.27. The lowest BCUT2D eigenvalue weighted by molar-refractivity contribution is 0.354. The molecule has 0 aliphatic carbocycles. The first kappa shape index (κ1) is 13.2. The first-order valence-corrected chi connectivity index (χ1v) is 6.71. The van der Waals surface area contributed by atoms with Crippen molar-refractivity contribution >= 4 is 27.7 Å². The molecule has 0 radical (unpaired) electrons. The molecule has 6 heteroatoms. The molecule has 0 saturated heterocycles. The Hall–Kier alpha value is -1.27. The summed E-state index contributed by atoms with van der Waals surface area (Å²) in [7, 11) is 3.23. The van der Waals surface area contributed by atoms with Gasteiger partial charge in [-0.2, -0.15) is 0 Å². The molecule has 0 bridgehead atoms. The average molecular weight is 327 g/mol. The Morgan fingerprint density at radius 3 is 2.33 bits per heavy atom. The van der Waals surface area contributed by atoms with Crippen LogP contribution in [0.1, 0.15) is 0 Å². The van der Waals surface area contributed by atoms with Crippen molar-refractivity contribution in [3.8, 4) is 11.5 Å². The van der Waals surface area contributed by atoms with Crippen LogP contribution in [0.5, 0.6) is 11.5 Å². The zero-order chi connectivity index (χ0) is 13.0. The Labute approximate surface area is 118 Å². The second kappa shape index (κ2) is 6.06. The van der Waals surface area contributed by atoms with Crippen LogP contribution in [0.4, 0.5) is 0 Å². The lowest BCUT2D eigenvalue weighted by Gasteiger charge is -2.08. The standard InChI is InChI=1S/C12H11BrN2O2S/c1-16-10-4-3-9(5-11(10)17-2)18-12-14-6-8(13)7-15-12/h3-7H,1-2H3. The summed E-state index contributed by atoms with van der Waals surface area (Å²) in [5.41, 5.74) is 0. The van der Waals surface area contributed by atoms with Crippen molar-refractivity contribution in [2.24, 2.45) is 0 Å². The summed E-state index contributed by atoms with van der Waals surface area (Å²) < 4.78 is 11.3. The second-order valence-electron chi connectivity index (χ2n) is 3.30. The van der Waals surface area contributed by atoms with Gasteiger partial charge in [0.2, 0.25) is 0 Å². The molecular formula is C12H11BrN2O2S. The molecule has 1 aromatic heterocycles. The third-order valence-corrected chi connectivity index (χ3v) is 3.45. The Bertz CT molecular complexity index is 534. The highest BCUT2D eigenvalue weighted by Gasteiger charge is 2.06. The Kier molecular flexibility index (Phi) is 4.43. The Morgan fingerprint density at radius 1 is 1.06 bits per heavy atom. The van der Waals surface area contributed by atoms with E-state index in [1.54, 1.807) is 26.6 Å². The van der Waals surface area contributed by atoms with Gasteiger partial charge in [-0.25, -0.2) is 9.97 Å². The van der Waals surface area contributed by atoms with Crippen LogP contribution in [0, 0.1) is 0 Å². The molecule has 4 nitrogen and oxygen atoms in total. The number of hydrogen-bond donors (Lipinski definition) is 0. The van der Waals surface area contributed by atoms with Gasteiger partial charge in [0, 0.05) is 17.3 Å². The molecule has 0 spiro atoms. The average Bonchev–Trinajstić information content (AvgIpc) is 2.41. The van der Waals surface area contributed by atoms with E-state index in [-0.39, 0.29) is 0 Å². The largest absolute Gasteiger partial charge is 0.493 e. The van der Waals surface area contributed by atoms with Crippen LogP contribution in [-0.4, -0.2) is 24.2 Å². The van der Waals surface area contributed by atoms with Crippen molar-refractivity contribution in [3.63, 3.8) is 0 Å². The smallest absolute Gasteiger partial charge is 0.192 e. The number of aromatic nitrogens is 2. The van der Waals surface area contributed by atoms with Crippen molar-refractivity contribution < 1.29 is 9.47 Å². The van der Waals surface area contributed by atoms with Crippen LogP contribution in [0.25, 0.3) is 0 Å². The third kappa shape index (κ3) is 3.14. The monoisotopic (exact) mass is 326 g/mol. The van der Waals surface area contributed by atoms with Gasteiger partial charge in [-0.05, 0) is 45.9 Å². The zero-order valence-electron chi connectivity index (χ0n) is 9.88. The molecule has 2 rings (SSSR count). The third-order valence-electron chi connectivity index (χ3n) is 2.16. The topological polar surface area (TPSA) is 44.2 Å². The van der Waals surface area contributed by atoms with Gasteiger partial charge >= 0.3 is 0 Å². The fraction of sp³-hybridized carbons (Fsp3) is 0.167. The first-order valence-electron chi connectivity index (χ1n) is 5.10. The normalized spacial score (nSPS) is 10.2. The lowest BCUT2D eigenvalue weighted by atomic mass is 10.3. The van der Waals surface area contributed by atoms with Crippen molar-refractivity contribution in [2.75, 3.05) is 14.2 Å². The Balaban J connectivity index is 2.21. The molecule has 0 N–H and O–H groups in total. The first-order chi connectivity index (χ1) is 8.72. The van der Waals surface area contributed by atoms with E-state index in [0.29, 0.717) is 16.7 Å². The van der Waals surface area contributed by atoms with Crippen LogP contribution in [0.3, 0.4) is 0 Å². The van der Waals surface area contributed by atoms with E-state index in [1.807, 2.05) is 18.2 Å². The van der Waals surface area contributed by atoms with Crippen molar-refractivity contribution in [1.82, 2.24) is 9.97 Å². The van der Waals surface area contributed by atoms with Gasteiger partial charge in [0.05, 0.1) is 18.7 Å². The van der Waals surface area contributed by atoms with Crippen LogP contribution >= 0.6 is 27.7 Å². The minimum Gasteiger partial charge on any atom is -0.493 e. The fourth-order valence-electron chi connectivity index (χ4n) is 1.34. The molecule has 0 saturated carbocycles. The molecule has 18 heavy (non-hydrogen) atoms. The van der Waals surface area contributed by atoms with Crippen molar-refractivity contribution in [1.29, 1.82) is 0 Å². The van der Waals surface area contributed by atoms with Crippen LogP contribution in [-0.2, 0) is 0 Å². The highest BCUT2D eigenvalue weighted by atomic mass is 79.9. The van der Waals surface area contributed by atoms with E-state index in [1.165, 1.54) is 11.8 Å². The molecule has 2 aromatic rings. The highest BCUT2D eigenvalue weighted by Crippen LogP contribution is 2.33. The van der Waals surface area contributed by atoms with E-state index >= 15 is 0 Å². The van der Waals surface area contributed by atoms with Gasteiger partial charge in [0.1, 0.15) is 0 Å². The quantitative estimate of drug-likeness (QED) is 0.805. The van der Waals surface area contributed by atoms with Crippen LogP contribution in [0.2, 0.25) is 0 Å². The summed E-state index contributed by atoms with van der Waals surface area (Å²) in [4.78, 5) is 9.40. The summed E-state index contributed by atoms with van der Waals surface area (Å²) in [5.74, 6) is 1.40. The molecule has 1 heterocycles. The SMILES string of the molecule is COc1ccc(Sc2ncc(Br)cn2)cc1OC. The van der Waals surface area contributed by atoms with Gasteiger partial charge in [-0.3, -0.25) is 0 Å². The maximum Gasteiger partial charge on any atom is 0.192 e. The van der Waals surface area contributed by atoms with E-state index in [0.717, 1.165) is 9.37 Å². The molecule has 1 aromatic carbocycles. The van der Waals surface area contributed by atoms with Gasteiger partial charge in [-0.15, -0.1) is 0 Å². The molecule has 0 aliphatic rings. The molecule has 0 amide bonds. The number of hydrogen-bond acceptors (Lipinski definition) is 5. The molecule has 0 fully saturated rings. The molecule has 0 aliphatic heterocycles. The van der Waals surface area contributed by atoms with Gasteiger partial charge in [0.15, 0.2) is 16.7 Å². The van der Waals surface area contributed by atoms with Crippen LogP contribution in [0.15, 0.2) is 45.1 Å². The van der Waals surface area contributed by atoms with Gasteiger partial charge in [0.25, 0.3) is 0 Å². The number of methoxy groups -OCH3 is 2. The summed E-state index contributed by atoms with van der Waals surface area (Å²) in [6.07, 6.45) is 3.44. The minimum atomic E-state index is 0.686. The number of ether oxygens (including phenoxy) is 2. The molecule has 0 unspecified atom stereocenters. The highest BCUT2D eigenvalue weighted by molar-refractivity contribution is 9.10. The van der Waals surface area contributed by atoms with E-state index < -0.39 is 0 Å². The predicted molar refractivity (Wildman–Crippen MR) is 73.4 cm³/mol. The summed E-state index contributed by atoms with van der Waals surface area (Å²) in [5, 5.41) is 0.686. The van der Waals surface area contributed by atoms with E-state index in [9.17, 15) is 0 Å². The summed E-state index contributed by atoms with van der Waals surface area (Å²) in [6, 6.07) is 5.70. The lowest BCUT2D eigenvalue weighted by Crippen LogP contribution is -1.91. The molecular weight excluding hydrogens is 316 g/mol. The van der Waals surface area contributed by atoms with Gasteiger partial charge < -0.3 is 9.47 Å². The molecule has 0 atom stereocenters. The van der Waals surface area contributed by atoms with Crippen LogP contribution < -0.4 is 9.47 Å². The number of rotatable bonds is 4. The zero-order valence-corrected chi connectivity index (χ0v) is 12.3. The van der Waals surface area contributed by atoms with Crippen molar-refractivity contribution in [3.05, 3.63) is 35.1 Å². The number of halogens is 1. The Morgan fingerprint density at radius 2 is 1.72 bits per heavy atom. The number of nitrogens with zero attached hydrogens (tertiary/aromatic N) is 2. The van der Waals surface area contributed by atoms with E-state index in [2.05, 4.69) is 25.9 Å². The maximum atomic E-state index is 5.25. The summed E-state index contributed by atoms with van der Waals surface area (Å²) >= 11 is 4.77. The summed E-state index contributed by atoms with van der Waals surface area (Å²) in [6.45, 7) is 0. The predicted octanol–water partition coefficient (Wildman–Crippen LogP) is 3.41. The minimum absolute atomic E-state index is 0.686. The molecule has 94 valence electrons. The van der Waals surface area contributed by atoms with Crippen molar-refractivity contribution in [2.45, 2.75) is 10.1 Å².